The maximum Gasteiger partial charge on any atom is 0.237 e. The lowest BCUT2D eigenvalue weighted by molar-refractivity contribution is -0.124. The zero-order valence-electron chi connectivity index (χ0n) is 7.25. The molecule has 1 fully saturated rings. The van der Waals surface area contributed by atoms with Crippen molar-refractivity contribution in [3.63, 3.8) is 0 Å². The topological polar surface area (TPSA) is 41.1 Å². The SMILES string of the molecule is O=C(NCc1cccs1)C1CCN1. The van der Waals surface area contributed by atoms with Gasteiger partial charge in [0, 0.05) is 4.88 Å². The highest BCUT2D eigenvalue weighted by Crippen LogP contribution is 2.08. The first-order chi connectivity index (χ1) is 6.36. The van der Waals surface area contributed by atoms with Crippen LogP contribution in [0, 0.1) is 0 Å². The number of rotatable bonds is 3. The van der Waals surface area contributed by atoms with E-state index >= 15 is 0 Å². The van der Waals surface area contributed by atoms with E-state index in [9.17, 15) is 4.79 Å². The summed E-state index contributed by atoms with van der Waals surface area (Å²) in [6.45, 7) is 1.63. The molecule has 1 aliphatic rings. The molecule has 1 saturated heterocycles. The molecule has 3 nitrogen and oxygen atoms in total. The Morgan fingerprint density at radius 3 is 3.15 bits per heavy atom. The summed E-state index contributed by atoms with van der Waals surface area (Å²) in [4.78, 5) is 12.6. The molecular formula is C9H12N2OS. The van der Waals surface area contributed by atoms with Crippen LogP contribution in [-0.2, 0) is 11.3 Å². The van der Waals surface area contributed by atoms with Gasteiger partial charge in [0.25, 0.3) is 0 Å². The molecule has 13 heavy (non-hydrogen) atoms. The summed E-state index contributed by atoms with van der Waals surface area (Å²) >= 11 is 1.67. The predicted molar refractivity (Wildman–Crippen MR) is 52.6 cm³/mol. The summed E-state index contributed by atoms with van der Waals surface area (Å²) in [5, 5.41) is 7.98. The van der Waals surface area contributed by atoms with Crippen LogP contribution in [0.2, 0.25) is 0 Å². The van der Waals surface area contributed by atoms with E-state index in [-0.39, 0.29) is 11.9 Å². The highest BCUT2D eigenvalue weighted by Gasteiger charge is 2.23. The molecule has 0 aromatic carbocycles. The first-order valence-corrected chi connectivity index (χ1v) is 5.28. The van der Waals surface area contributed by atoms with Crippen LogP contribution >= 0.6 is 11.3 Å². The lowest BCUT2D eigenvalue weighted by atomic mass is 10.1. The fraction of sp³-hybridized carbons (Fsp3) is 0.444. The minimum atomic E-state index is 0.0555. The Balaban J connectivity index is 1.76. The molecule has 0 spiro atoms. The van der Waals surface area contributed by atoms with Gasteiger partial charge >= 0.3 is 0 Å². The van der Waals surface area contributed by atoms with Crippen molar-refractivity contribution in [2.45, 2.75) is 19.0 Å². The average molecular weight is 196 g/mol. The Labute approximate surface area is 81.2 Å². The number of amides is 1. The predicted octanol–water partition coefficient (Wildman–Crippen LogP) is 0.726. The molecule has 1 amide bonds. The third-order valence-corrected chi connectivity index (χ3v) is 3.03. The largest absolute Gasteiger partial charge is 0.350 e. The molecule has 1 unspecified atom stereocenters. The molecule has 1 aliphatic heterocycles. The van der Waals surface area contributed by atoms with Crippen LogP contribution in [-0.4, -0.2) is 18.5 Å². The molecule has 0 bridgehead atoms. The van der Waals surface area contributed by atoms with E-state index < -0.39 is 0 Å². The van der Waals surface area contributed by atoms with E-state index in [1.54, 1.807) is 11.3 Å². The quantitative estimate of drug-likeness (QED) is 0.748. The van der Waals surface area contributed by atoms with Crippen molar-refractivity contribution in [1.29, 1.82) is 0 Å². The van der Waals surface area contributed by atoms with Crippen LogP contribution in [0.3, 0.4) is 0 Å². The minimum absolute atomic E-state index is 0.0555. The molecule has 2 N–H and O–H groups in total. The zero-order valence-corrected chi connectivity index (χ0v) is 8.06. The van der Waals surface area contributed by atoms with E-state index in [2.05, 4.69) is 10.6 Å². The summed E-state index contributed by atoms with van der Waals surface area (Å²) in [5.41, 5.74) is 0. The van der Waals surface area contributed by atoms with E-state index in [4.69, 9.17) is 0 Å². The van der Waals surface area contributed by atoms with E-state index in [0.717, 1.165) is 13.0 Å². The molecule has 70 valence electrons. The molecule has 0 saturated carbocycles. The van der Waals surface area contributed by atoms with Crippen LogP contribution < -0.4 is 10.6 Å². The van der Waals surface area contributed by atoms with E-state index in [1.165, 1.54) is 4.88 Å². The highest BCUT2D eigenvalue weighted by molar-refractivity contribution is 7.09. The number of hydrogen-bond acceptors (Lipinski definition) is 3. The second kappa shape index (κ2) is 3.89. The molecular weight excluding hydrogens is 184 g/mol. The van der Waals surface area contributed by atoms with Gasteiger partial charge in [-0.05, 0) is 24.4 Å². The number of carbonyl (C=O) groups is 1. The van der Waals surface area contributed by atoms with Crippen molar-refractivity contribution in [2.75, 3.05) is 6.54 Å². The number of thiophene rings is 1. The van der Waals surface area contributed by atoms with Gasteiger partial charge in [0.2, 0.25) is 5.91 Å². The fourth-order valence-corrected chi connectivity index (χ4v) is 1.87. The second-order valence-corrected chi connectivity index (χ2v) is 4.12. The van der Waals surface area contributed by atoms with Gasteiger partial charge in [-0.2, -0.15) is 0 Å². The van der Waals surface area contributed by atoms with Crippen LogP contribution in [0.5, 0.6) is 0 Å². The maximum absolute atomic E-state index is 11.4. The summed E-state index contributed by atoms with van der Waals surface area (Å²) < 4.78 is 0. The van der Waals surface area contributed by atoms with Crippen LogP contribution in [0.4, 0.5) is 0 Å². The van der Waals surface area contributed by atoms with Gasteiger partial charge < -0.3 is 10.6 Å². The monoisotopic (exact) mass is 196 g/mol. The summed E-state index contributed by atoms with van der Waals surface area (Å²) in [5.74, 6) is 0.125. The molecule has 2 heterocycles. The number of hydrogen-bond donors (Lipinski definition) is 2. The Hall–Kier alpha value is -0.870. The number of carbonyl (C=O) groups excluding carboxylic acids is 1. The van der Waals surface area contributed by atoms with Gasteiger partial charge in [0.05, 0.1) is 12.6 Å². The van der Waals surface area contributed by atoms with Crippen molar-refractivity contribution >= 4 is 17.2 Å². The molecule has 0 aliphatic carbocycles. The number of nitrogens with one attached hydrogen (secondary N) is 2. The van der Waals surface area contributed by atoms with Gasteiger partial charge in [0.15, 0.2) is 0 Å². The zero-order chi connectivity index (χ0) is 9.10. The van der Waals surface area contributed by atoms with Crippen molar-refractivity contribution < 1.29 is 4.79 Å². The lowest BCUT2D eigenvalue weighted by Gasteiger charge is -2.26. The third kappa shape index (κ3) is 2.08. The molecule has 4 heteroatoms. The third-order valence-electron chi connectivity index (χ3n) is 2.16. The highest BCUT2D eigenvalue weighted by atomic mass is 32.1. The van der Waals surface area contributed by atoms with Gasteiger partial charge in [-0.25, -0.2) is 0 Å². The molecule has 1 atom stereocenters. The lowest BCUT2D eigenvalue weighted by Crippen LogP contribution is -2.52. The summed E-state index contributed by atoms with van der Waals surface area (Å²) in [6, 6.07) is 4.08. The first-order valence-electron chi connectivity index (χ1n) is 4.40. The Kier molecular flexibility index (Phi) is 2.61. The Morgan fingerprint density at radius 1 is 1.77 bits per heavy atom. The van der Waals surface area contributed by atoms with Crippen molar-refractivity contribution in [1.82, 2.24) is 10.6 Å². The molecule has 1 aromatic rings. The van der Waals surface area contributed by atoms with Gasteiger partial charge in [-0.1, -0.05) is 6.07 Å². The summed E-state index contributed by atoms with van der Waals surface area (Å²) in [7, 11) is 0. The molecule has 0 radical (unpaired) electrons. The van der Waals surface area contributed by atoms with Crippen molar-refractivity contribution in [3.05, 3.63) is 22.4 Å². The van der Waals surface area contributed by atoms with E-state index in [0.29, 0.717) is 6.54 Å². The van der Waals surface area contributed by atoms with Crippen LogP contribution in [0.25, 0.3) is 0 Å². The molecule has 2 rings (SSSR count). The average Bonchev–Trinajstić information content (AvgIpc) is 2.49. The van der Waals surface area contributed by atoms with Crippen molar-refractivity contribution in [3.8, 4) is 0 Å². The fourth-order valence-electron chi connectivity index (χ4n) is 1.22. The van der Waals surface area contributed by atoms with Crippen molar-refractivity contribution in [2.24, 2.45) is 0 Å². The Bertz CT molecular complexity index is 280. The van der Waals surface area contributed by atoms with Gasteiger partial charge in [-0.15, -0.1) is 11.3 Å². The first kappa shape index (κ1) is 8.72. The summed E-state index contributed by atoms with van der Waals surface area (Å²) in [6.07, 6.45) is 0.969. The standard InChI is InChI=1S/C9H12N2OS/c12-9(8-3-4-10-8)11-6-7-2-1-5-13-7/h1-2,5,8,10H,3-4,6H2,(H,11,12). The van der Waals surface area contributed by atoms with Gasteiger partial charge in [0.1, 0.15) is 0 Å². The minimum Gasteiger partial charge on any atom is -0.350 e. The van der Waals surface area contributed by atoms with Crippen LogP contribution in [0.1, 0.15) is 11.3 Å². The van der Waals surface area contributed by atoms with E-state index in [1.807, 2.05) is 17.5 Å². The smallest absolute Gasteiger partial charge is 0.237 e. The maximum atomic E-state index is 11.4. The Morgan fingerprint density at radius 2 is 2.62 bits per heavy atom. The normalized spacial score (nSPS) is 20.8. The second-order valence-electron chi connectivity index (χ2n) is 3.09. The molecule has 1 aromatic heterocycles. The van der Waals surface area contributed by atoms with Gasteiger partial charge in [-0.3, -0.25) is 4.79 Å². The van der Waals surface area contributed by atoms with Crippen LogP contribution in [0.15, 0.2) is 17.5 Å².